The van der Waals surface area contributed by atoms with Crippen LogP contribution >= 0.6 is 0 Å². The first-order chi connectivity index (χ1) is 9.63. The Bertz CT molecular complexity index is 658. The summed E-state index contributed by atoms with van der Waals surface area (Å²) >= 11 is 0. The number of nitrogens with one attached hydrogen (secondary N) is 1. The van der Waals surface area contributed by atoms with E-state index in [1.165, 1.54) is 13.0 Å². The van der Waals surface area contributed by atoms with E-state index in [2.05, 4.69) is 0 Å². The maximum absolute atomic E-state index is 13.1. The molecule has 1 aromatic carbocycles. The van der Waals surface area contributed by atoms with Crippen molar-refractivity contribution in [3.8, 4) is 0 Å². The van der Waals surface area contributed by atoms with Crippen molar-refractivity contribution in [2.24, 2.45) is 0 Å². The molecule has 1 atom stereocenters. The largest absolute Gasteiger partial charge is 0.481 e. The number of aryl methyl sites for hydroxylation is 1. The van der Waals surface area contributed by atoms with Crippen molar-refractivity contribution in [2.45, 2.75) is 30.7 Å². The van der Waals surface area contributed by atoms with Crippen LogP contribution in [0.2, 0.25) is 0 Å². The summed E-state index contributed by atoms with van der Waals surface area (Å²) in [6.07, 6.45) is -0.931. The van der Waals surface area contributed by atoms with Crippen LogP contribution in [0.25, 0.3) is 0 Å². The summed E-state index contributed by atoms with van der Waals surface area (Å²) in [6.45, 7) is 1.43. The van der Waals surface area contributed by atoms with Crippen molar-refractivity contribution in [2.75, 3.05) is 0 Å². The molecule has 0 bridgehead atoms. The van der Waals surface area contributed by atoms with Crippen molar-refractivity contribution in [1.29, 1.82) is 0 Å². The predicted molar refractivity (Wildman–Crippen MR) is 69.8 cm³/mol. The van der Waals surface area contributed by atoms with Crippen LogP contribution in [-0.2, 0) is 19.6 Å². The number of carbonyl (C=O) groups is 2. The standard InChI is InChI=1S/C12H14FNO6S/c1-7-2-3-8(13)6-10(7)21(19,20)14-9(12(17)18)4-5-11(15)16/h2-3,6,9,14H,4-5H2,1H3,(H,15,16)(H,17,18)/t9-/m0/s1. The van der Waals surface area contributed by atoms with Gasteiger partial charge in [0.15, 0.2) is 0 Å². The number of carboxylic acid groups (broad SMARTS) is 2. The molecule has 116 valence electrons. The van der Waals surface area contributed by atoms with E-state index in [-0.39, 0.29) is 10.5 Å². The molecule has 1 rings (SSSR count). The van der Waals surface area contributed by atoms with E-state index in [9.17, 15) is 22.4 Å². The summed E-state index contributed by atoms with van der Waals surface area (Å²) < 4.78 is 39.2. The summed E-state index contributed by atoms with van der Waals surface area (Å²) in [4.78, 5) is 21.0. The van der Waals surface area contributed by atoms with Crippen LogP contribution in [0.15, 0.2) is 23.1 Å². The van der Waals surface area contributed by atoms with Crippen molar-refractivity contribution >= 4 is 22.0 Å². The van der Waals surface area contributed by atoms with Gasteiger partial charge in [0.2, 0.25) is 10.0 Å². The van der Waals surface area contributed by atoms with E-state index in [4.69, 9.17) is 10.2 Å². The van der Waals surface area contributed by atoms with Gasteiger partial charge in [-0.1, -0.05) is 6.07 Å². The minimum atomic E-state index is -4.27. The summed E-state index contributed by atoms with van der Waals surface area (Å²) in [5, 5.41) is 17.4. The zero-order chi connectivity index (χ0) is 16.2. The monoisotopic (exact) mass is 319 g/mol. The number of aliphatic carboxylic acids is 2. The lowest BCUT2D eigenvalue weighted by Crippen LogP contribution is -2.41. The van der Waals surface area contributed by atoms with Crippen LogP contribution in [0.3, 0.4) is 0 Å². The summed E-state index contributed by atoms with van der Waals surface area (Å²) in [6, 6.07) is 1.49. The van der Waals surface area contributed by atoms with Crippen LogP contribution in [0.4, 0.5) is 4.39 Å². The van der Waals surface area contributed by atoms with E-state index >= 15 is 0 Å². The van der Waals surface area contributed by atoms with Crippen molar-refractivity contribution in [3.63, 3.8) is 0 Å². The number of hydrogen-bond acceptors (Lipinski definition) is 4. The zero-order valence-electron chi connectivity index (χ0n) is 11.0. The fourth-order valence-electron chi connectivity index (χ4n) is 1.61. The molecule has 0 aromatic heterocycles. The van der Waals surface area contributed by atoms with Gasteiger partial charge in [0.1, 0.15) is 11.9 Å². The summed E-state index contributed by atoms with van der Waals surface area (Å²) in [7, 11) is -4.27. The Labute approximate surface area is 120 Å². The highest BCUT2D eigenvalue weighted by molar-refractivity contribution is 7.89. The van der Waals surface area contributed by atoms with Crippen LogP contribution in [0.5, 0.6) is 0 Å². The molecule has 1 aromatic rings. The lowest BCUT2D eigenvalue weighted by atomic mass is 10.2. The molecular formula is C12H14FNO6S. The normalized spacial score (nSPS) is 12.9. The van der Waals surface area contributed by atoms with Crippen LogP contribution in [-0.4, -0.2) is 36.6 Å². The Kier molecular flexibility index (Phi) is 5.39. The van der Waals surface area contributed by atoms with Gasteiger partial charge < -0.3 is 10.2 Å². The van der Waals surface area contributed by atoms with Crippen LogP contribution < -0.4 is 4.72 Å². The summed E-state index contributed by atoms with van der Waals surface area (Å²) in [5.74, 6) is -3.53. The van der Waals surface area contributed by atoms with Gasteiger partial charge in [0.25, 0.3) is 0 Å². The topological polar surface area (TPSA) is 121 Å². The molecule has 9 heteroatoms. The lowest BCUT2D eigenvalue weighted by Gasteiger charge is -2.15. The maximum atomic E-state index is 13.1. The third kappa shape index (κ3) is 4.80. The second-order valence-electron chi connectivity index (χ2n) is 4.35. The number of halogens is 1. The molecule has 0 amide bonds. The molecule has 0 aliphatic heterocycles. The molecule has 0 radical (unpaired) electrons. The van der Waals surface area contributed by atoms with Gasteiger partial charge in [0.05, 0.1) is 4.90 Å². The van der Waals surface area contributed by atoms with E-state index in [0.29, 0.717) is 0 Å². The molecule has 21 heavy (non-hydrogen) atoms. The molecule has 0 aliphatic carbocycles. The van der Waals surface area contributed by atoms with Crippen molar-refractivity contribution in [1.82, 2.24) is 4.72 Å². The SMILES string of the molecule is Cc1ccc(F)cc1S(=O)(=O)N[C@@H](CCC(=O)O)C(=O)O. The van der Waals surface area contributed by atoms with Gasteiger partial charge in [0, 0.05) is 6.42 Å². The zero-order valence-corrected chi connectivity index (χ0v) is 11.9. The fraction of sp³-hybridized carbons (Fsp3) is 0.333. The van der Waals surface area contributed by atoms with E-state index < -0.39 is 46.7 Å². The minimum absolute atomic E-state index is 0.242. The third-order valence-corrected chi connectivity index (χ3v) is 4.30. The molecule has 0 saturated heterocycles. The molecule has 0 spiro atoms. The first-order valence-corrected chi connectivity index (χ1v) is 7.35. The van der Waals surface area contributed by atoms with Crippen LogP contribution in [0, 0.1) is 12.7 Å². The minimum Gasteiger partial charge on any atom is -0.481 e. The number of carboxylic acids is 2. The van der Waals surface area contributed by atoms with Gasteiger partial charge in [-0.15, -0.1) is 0 Å². The second kappa shape index (κ2) is 6.64. The average Bonchev–Trinajstić information content (AvgIpc) is 2.36. The van der Waals surface area contributed by atoms with Gasteiger partial charge in [-0.3, -0.25) is 9.59 Å². The number of benzene rings is 1. The van der Waals surface area contributed by atoms with Crippen molar-refractivity contribution in [3.05, 3.63) is 29.6 Å². The Morgan fingerprint density at radius 1 is 1.33 bits per heavy atom. The van der Waals surface area contributed by atoms with Gasteiger partial charge >= 0.3 is 11.9 Å². The number of sulfonamides is 1. The quantitative estimate of drug-likeness (QED) is 0.681. The van der Waals surface area contributed by atoms with Gasteiger partial charge in [-0.2, -0.15) is 4.72 Å². The first kappa shape index (κ1) is 17.1. The molecule has 3 N–H and O–H groups in total. The Hall–Kier alpha value is -2.00. The lowest BCUT2D eigenvalue weighted by molar-refractivity contribution is -0.140. The predicted octanol–water partition coefficient (Wildman–Crippen LogP) is 0.730. The molecule has 0 aliphatic rings. The number of hydrogen-bond donors (Lipinski definition) is 3. The fourth-order valence-corrected chi connectivity index (χ4v) is 3.09. The van der Waals surface area contributed by atoms with E-state index in [1.54, 1.807) is 0 Å². The first-order valence-electron chi connectivity index (χ1n) is 5.86. The Morgan fingerprint density at radius 3 is 2.48 bits per heavy atom. The maximum Gasteiger partial charge on any atom is 0.321 e. The van der Waals surface area contributed by atoms with Crippen LogP contribution in [0.1, 0.15) is 18.4 Å². The highest BCUT2D eigenvalue weighted by atomic mass is 32.2. The second-order valence-corrected chi connectivity index (χ2v) is 6.04. The van der Waals surface area contributed by atoms with Gasteiger partial charge in [-0.25, -0.2) is 12.8 Å². The molecule has 7 nitrogen and oxygen atoms in total. The van der Waals surface area contributed by atoms with E-state index in [1.807, 2.05) is 4.72 Å². The molecule has 0 unspecified atom stereocenters. The molecule has 0 saturated carbocycles. The third-order valence-electron chi connectivity index (χ3n) is 2.68. The molecular weight excluding hydrogens is 305 g/mol. The highest BCUT2D eigenvalue weighted by Crippen LogP contribution is 2.17. The summed E-state index contributed by atoms with van der Waals surface area (Å²) in [5.41, 5.74) is 0.242. The van der Waals surface area contributed by atoms with Gasteiger partial charge in [-0.05, 0) is 31.0 Å². The Morgan fingerprint density at radius 2 is 1.95 bits per heavy atom. The number of rotatable bonds is 7. The molecule has 0 fully saturated rings. The Balaban J connectivity index is 3.03. The average molecular weight is 319 g/mol. The smallest absolute Gasteiger partial charge is 0.321 e. The van der Waals surface area contributed by atoms with E-state index in [0.717, 1.165) is 12.1 Å². The highest BCUT2D eigenvalue weighted by Gasteiger charge is 2.27. The molecule has 0 heterocycles. The van der Waals surface area contributed by atoms with Crippen molar-refractivity contribution < 1.29 is 32.6 Å².